The quantitative estimate of drug-likeness (QED) is 0.224. The fraction of sp³-hybridized carbons (Fsp3) is 0.0870. The highest BCUT2D eigenvalue weighted by atomic mass is 35.5. The Labute approximate surface area is 189 Å². The molecule has 0 aliphatic rings. The molecule has 1 N–H and O–H groups in total. The minimum atomic E-state index is -0.474. The molecule has 3 aromatic carbocycles. The van der Waals surface area contributed by atoms with Gasteiger partial charge in [-0.05, 0) is 79.2 Å². The van der Waals surface area contributed by atoms with E-state index in [9.17, 15) is 9.59 Å². The van der Waals surface area contributed by atoms with E-state index < -0.39 is 11.9 Å². The summed E-state index contributed by atoms with van der Waals surface area (Å²) >= 11 is 11.7. The predicted molar refractivity (Wildman–Crippen MR) is 121 cm³/mol. The van der Waals surface area contributed by atoms with Crippen molar-refractivity contribution in [1.82, 2.24) is 5.43 Å². The number of halogens is 2. The number of nitrogens with zero attached hydrogens (tertiary/aromatic N) is 1. The van der Waals surface area contributed by atoms with E-state index in [2.05, 4.69) is 10.5 Å². The number of carbonyl (C=O) groups is 2. The molecule has 158 valence electrons. The second-order valence-electron chi connectivity index (χ2n) is 6.24. The first-order valence-electron chi connectivity index (χ1n) is 9.30. The molecule has 6 nitrogen and oxygen atoms in total. The topological polar surface area (TPSA) is 77.0 Å². The molecule has 1 amide bonds. The second kappa shape index (κ2) is 10.6. The summed E-state index contributed by atoms with van der Waals surface area (Å²) in [5, 5.41) is 4.56. The number of esters is 1. The zero-order valence-corrected chi connectivity index (χ0v) is 18.0. The molecule has 8 heteroatoms. The maximum Gasteiger partial charge on any atom is 0.343 e. The number of ether oxygens (including phenoxy) is 2. The zero-order chi connectivity index (χ0) is 22.2. The molecule has 0 bridgehead atoms. The van der Waals surface area contributed by atoms with Crippen LogP contribution >= 0.6 is 23.2 Å². The van der Waals surface area contributed by atoms with E-state index in [1.54, 1.807) is 54.6 Å². The van der Waals surface area contributed by atoms with Crippen LogP contribution in [0.3, 0.4) is 0 Å². The molecule has 3 aromatic rings. The van der Waals surface area contributed by atoms with E-state index in [4.69, 9.17) is 32.7 Å². The second-order valence-corrected chi connectivity index (χ2v) is 7.06. The van der Waals surface area contributed by atoms with Gasteiger partial charge in [-0.25, -0.2) is 10.2 Å². The first-order chi connectivity index (χ1) is 15.0. The molecule has 0 heterocycles. The van der Waals surface area contributed by atoms with Gasteiger partial charge in [0.1, 0.15) is 11.5 Å². The standard InChI is InChI=1S/C23H18Cl2N2O4/c1-2-30-18-10-5-16(6-11-18)23(29)31-19-8-3-15(4-9-19)14-26-27-22(28)17-7-12-20(24)21(25)13-17/h3-14H,2H2,1H3,(H,27,28)/b26-14-. The van der Waals surface area contributed by atoms with Crippen molar-refractivity contribution in [3.8, 4) is 11.5 Å². The van der Waals surface area contributed by atoms with Gasteiger partial charge in [0.05, 0.1) is 28.4 Å². The Hall–Kier alpha value is -3.35. The molecule has 0 saturated carbocycles. The van der Waals surface area contributed by atoms with Crippen molar-refractivity contribution in [2.75, 3.05) is 6.61 Å². The monoisotopic (exact) mass is 456 g/mol. The van der Waals surface area contributed by atoms with Crippen LogP contribution < -0.4 is 14.9 Å². The number of hydrogen-bond donors (Lipinski definition) is 1. The summed E-state index contributed by atoms with van der Waals surface area (Å²) in [7, 11) is 0. The molecule has 0 saturated heterocycles. The largest absolute Gasteiger partial charge is 0.494 e. The predicted octanol–water partition coefficient (Wildman–Crippen LogP) is 5.38. The third kappa shape index (κ3) is 6.31. The van der Waals surface area contributed by atoms with Crippen LogP contribution in [0.1, 0.15) is 33.2 Å². The number of carbonyl (C=O) groups excluding carboxylic acids is 2. The average molecular weight is 457 g/mol. The molecule has 0 radical (unpaired) electrons. The molecule has 0 atom stereocenters. The zero-order valence-electron chi connectivity index (χ0n) is 16.5. The van der Waals surface area contributed by atoms with Crippen LogP contribution in [-0.2, 0) is 0 Å². The van der Waals surface area contributed by atoms with E-state index in [1.807, 2.05) is 6.92 Å². The van der Waals surface area contributed by atoms with Crippen LogP contribution in [-0.4, -0.2) is 24.7 Å². The van der Waals surface area contributed by atoms with Crippen LogP contribution in [0.5, 0.6) is 11.5 Å². The Morgan fingerprint density at radius 1 is 0.903 bits per heavy atom. The summed E-state index contributed by atoms with van der Waals surface area (Å²) in [4.78, 5) is 24.3. The first kappa shape index (κ1) is 22.3. The van der Waals surface area contributed by atoms with Crippen molar-refractivity contribution in [3.05, 3.63) is 93.5 Å². The molecule has 0 unspecified atom stereocenters. The number of rotatable bonds is 7. The molecule has 0 spiro atoms. The maximum absolute atomic E-state index is 12.2. The van der Waals surface area contributed by atoms with Crippen LogP contribution in [0.25, 0.3) is 0 Å². The maximum atomic E-state index is 12.2. The molecule has 0 aliphatic heterocycles. The van der Waals surface area contributed by atoms with Crippen molar-refractivity contribution < 1.29 is 19.1 Å². The van der Waals surface area contributed by atoms with Gasteiger partial charge in [-0.1, -0.05) is 23.2 Å². The molecule has 0 fully saturated rings. The summed E-state index contributed by atoms with van der Waals surface area (Å²) in [6.07, 6.45) is 1.47. The summed E-state index contributed by atoms with van der Waals surface area (Å²) in [5.41, 5.74) is 3.87. The summed E-state index contributed by atoms with van der Waals surface area (Å²) in [6.45, 7) is 2.44. The molecular weight excluding hydrogens is 439 g/mol. The van der Waals surface area contributed by atoms with Crippen molar-refractivity contribution in [3.63, 3.8) is 0 Å². The minimum absolute atomic E-state index is 0.286. The third-order valence-electron chi connectivity index (χ3n) is 4.05. The van der Waals surface area contributed by atoms with Crippen molar-refractivity contribution in [2.24, 2.45) is 5.10 Å². The van der Waals surface area contributed by atoms with E-state index in [0.29, 0.717) is 39.8 Å². The molecular formula is C23H18Cl2N2O4. The lowest BCUT2D eigenvalue weighted by Crippen LogP contribution is -2.17. The van der Waals surface area contributed by atoms with Gasteiger partial charge in [-0.3, -0.25) is 4.79 Å². The first-order valence-corrected chi connectivity index (χ1v) is 10.1. The molecule has 3 rings (SSSR count). The van der Waals surface area contributed by atoms with Crippen LogP contribution in [0.15, 0.2) is 71.8 Å². The Morgan fingerprint density at radius 2 is 1.55 bits per heavy atom. The highest BCUT2D eigenvalue weighted by molar-refractivity contribution is 6.42. The Kier molecular flexibility index (Phi) is 7.65. The van der Waals surface area contributed by atoms with Gasteiger partial charge in [0.25, 0.3) is 5.91 Å². The lowest BCUT2D eigenvalue weighted by Gasteiger charge is -2.06. The number of hydrogen-bond acceptors (Lipinski definition) is 5. The van der Waals surface area contributed by atoms with Gasteiger partial charge >= 0.3 is 5.97 Å². The number of nitrogens with one attached hydrogen (secondary N) is 1. The Bertz CT molecular complexity index is 1100. The van der Waals surface area contributed by atoms with Gasteiger partial charge in [0, 0.05) is 5.56 Å². The summed E-state index contributed by atoms with van der Waals surface area (Å²) < 4.78 is 10.7. The van der Waals surface area contributed by atoms with E-state index >= 15 is 0 Å². The fourth-order valence-corrected chi connectivity index (χ4v) is 2.81. The third-order valence-corrected chi connectivity index (χ3v) is 4.79. The van der Waals surface area contributed by atoms with Crippen LogP contribution in [0, 0.1) is 0 Å². The molecule has 0 aliphatic carbocycles. The summed E-state index contributed by atoms with van der Waals surface area (Å²) in [6, 6.07) is 17.9. The Morgan fingerprint density at radius 3 is 2.19 bits per heavy atom. The highest BCUT2D eigenvalue weighted by Crippen LogP contribution is 2.22. The number of hydrazone groups is 1. The Balaban J connectivity index is 1.55. The van der Waals surface area contributed by atoms with Gasteiger partial charge < -0.3 is 9.47 Å². The van der Waals surface area contributed by atoms with Crippen molar-refractivity contribution in [1.29, 1.82) is 0 Å². The molecule has 0 aromatic heterocycles. The number of benzene rings is 3. The lowest BCUT2D eigenvalue weighted by atomic mass is 10.2. The SMILES string of the molecule is CCOc1ccc(C(=O)Oc2ccc(/C=N\NC(=O)c3ccc(Cl)c(Cl)c3)cc2)cc1. The summed E-state index contributed by atoms with van der Waals surface area (Å²) in [5.74, 6) is 0.180. The fourth-order valence-electron chi connectivity index (χ4n) is 2.51. The van der Waals surface area contributed by atoms with Gasteiger partial charge in [0.2, 0.25) is 0 Å². The van der Waals surface area contributed by atoms with E-state index in [-0.39, 0.29) is 5.02 Å². The van der Waals surface area contributed by atoms with E-state index in [0.717, 1.165) is 0 Å². The number of amides is 1. The van der Waals surface area contributed by atoms with Crippen LogP contribution in [0.2, 0.25) is 10.0 Å². The smallest absolute Gasteiger partial charge is 0.343 e. The van der Waals surface area contributed by atoms with Crippen molar-refractivity contribution in [2.45, 2.75) is 6.92 Å². The van der Waals surface area contributed by atoms with Gasteiger partial charge in [-0.15, -0.1) is 0 Å². The highest BCUT2D eigenvalue weighted by Gasteiger charge is 2.09. The normalized spacial score (nSPS) is 10.7. The van der Waals surface area contributed by atoms with Crippen LogP contribution in [0.4, 0.5) is 0 Å². The van der Waals surface area contributed by atoms with Crippen molar-refractivity contribution >= 4 is 41.3 Å². The lowest BCUT2D eigenvalue weighted by molar-refractivity contribution is 0.0734. The molecule has 31 heavy (non-hydrogen) atoms. The van der Waals surface area contributed by atoms with E-state index in [1.165, 1.54) is 18.3 Å². The van der Waals surface area contributed by atoms with Gasteiger partial charge in [-0.2, -0.15) is 5.10 Å². The minimum Gasteiger partial charge on any atom is -0.494 e. The van der Waals surface area contributed by atoms with Gasteiger partial charge in [0.15, 0.2) is 0 Å². The average Bonchev–Trinajstić information content (AvgIpc) is 2.77.